The average Bonchev–Trinajstić information content (AvgIpc) is 3.11. The molecule has 0 bridgehead atoms. The van der Waals surface area contributed by atoms with E-state index in [4.69, 9.17) is 21.7 Å². The minimum absolute atomic E-state index is 0.206. The maximum Gasteiger partial charge on any atom is 0.328 e. The third-order valence-electron chi connectivity index (χ3n) is 3.71. The number of nitrogens with one attached hydrogen (secondary N) is 3. The first-order valence-corrected chi connectivity index (χ1v) is 8.26. The summed E-state index contributed by atoms with van der Waals surface area (Å²) in [5, 5.41) is 22.7. The van der Waals surface area contributed by atoms with E-state index in [2.05, 4.69) is 20.6 Å². The molecule has 26 heavy (non-hydrogen) atoms. The van der Waals surface area contributed by atoms with Gasteiger partial charge >= 0.3 is 5.97 Å². The Kier molecular flexibility index (Phi) is 9.26. The number of rotatable bonds is 12. The number of aliphatic carboxylic acids is 1. The molecule has 0 saturated heterocycles. The average molecular weight is 370 g/mol. The summed E-state index contributed by atoms with van der Waals surface area (Å²) in [6.07, 6.45) is 4.67. The molecule has 1 aromatic rings. The van der Waals surface area contributed by atoms with Crippen molar-refractivity contribution < 1.29 is 24.6 Å². The molecule has 146 valence electrons. The van der Waals surface area contributed by atoms with Crippen molar-refractivity contribution in [1.82, 2.24) is 20.6 Å². The maximum absolute atomic E-state index is 12.3. The Morgan fingerprint density at radius 3 is 2.42 bits per heavy atom. The highest BCUT2D eigenvalue weighted by Gasteiger charge is 2.27. The number of carboxylic acid groups (broad SMARTS) is 1. The standard InChI is InChI=1S/C15H26N6O5/c16-4-2-1-3-11(14(24)21-12(7-22)15(25)26)20-13(23)10(17)5-9-6-18-8-19-9/h6,8,10-12,22H,1-5,7,16-17H2,(H,18,19)(H,20,23)(H,21,24)(H,25,26)/t10-,11-,12-/m0/s1. The van der Waals surface area contributed by atoms with Gasteiger partial charge in [-0.1, -0.05) is 0 Å². The SMILES string of the molecule is NCCCC[C@H](NC(=O)[C@@H](N)Cc1cnc[nH]1)C(=O)N[C@@H](CO)C(=O)O. The van der Waals surface area contributed by atoms with Crippen LogP contribution in [0.25, 0.3) is 0 Å². The molecule has 11 nitrogen and oxygen atoms in total. The van der Waals surface area contributed by atoms with E-state index in [-0.39, 0.29) is 12.8 Å². The number of hydrogen-bond acceptors (Lipinski definition) is 7. The second-order valence-electron chi connectivity index (χ2n) is 5.82. The molecule has 0 unspecified atom stereocenters. The molecule has 0 radical (unpaired) electrons. The number of carbonyl (C=O) groups excluding carboxylic acids is 2. The number of aromatic nitrogens is 2. The van der Waals surface area contributed by atoms with Gasteiger partial charge < -0.3 is 37.3 Å². The number of aliphatic hydroxyl groups excluding tert-OH is 1. The zero-order valence-corrected chi connectivity index (χ0v) is 14.4. The number of nitrogens with zero attached hydrogens (tertiary/aromatic N) is 1. The zero-order valence-electron chi connectivity index (χ0n) is 14.4. The van der Waals surface area contributed by atoms with E-state index in [0.717, 1.165) is 0 Å². The first-order valence-electron chi connectivity index (χ1n) is 8.26. The quantitative estimate of drug-likeness (QED) is 0.195. The highest BCUT2D eigenvalue weighted by Crippen LogP contribution is 2.04. The van der Waals surface area contributed by atoms with Crippen LogP contribution in [-0.4, -0.2) is 69.2 Å². The Labute approximate surface area is 150 Å². The fraction of sp³-hybridized carbons (Fsp3) is 0.600. The van der Waals surface area contributed by atoms with Crippen LogP contribution in [0.2, 0.25) is 0 Å². The summed E-state index contributed by atoms with van der Waals surface area (Å²) >= 11 is 0. The van der Waals surface area contributed by atoms with Crippen molar-refractivity contribution in [2.24, 2.45) is 11.5 Å². The molecule has 0 spiro atoms. The molecule has 0 aromatic carbocycles. The molecule has 0 saturated carbocycles. The van der Waals surface area contributed by atoms with Crippen molar-refractivity contribution in [2.45, 2.75) is 43.8 Å². The largest absolute Gasteiger partial charge is 0.480 e. The second-order valence-corrected chi connectivity index (χ2v) is 5.82. The van der Waals surface area contributed by atoms with Crippen molar-refractivity contribution in [2.75, 3.05) is 13.2 Å². The van der Waals surface area contributed by atoms with Crippen LogP contribution in [0.15, 0.2) is 12.5 Å². The van der Waals surface area contributed by atoms with E-state index >= 15 is 0 Å². The summed E-state index contributed by atoms with van der Waals surface area (Å²) in [6, 6.07) is -3.33. The van der Waals surface area contributed by atoms with Crippen LogP contribution in [-0.2, 0) is 20.8 Å². The summed E-state index contributed by atoms with van der Waals surface area (Å²) in [7, 11) is 0. The Morgan fingerprint density at radius 1 is 1.19 bits per heavy atom. The van der Waals surface area contributed by atoms with Gasteiger partial charge in [-0.05, 0) is 25.8 Å². The van der Waals surface area contributed by atoms with Gasteiger partial charge in [0.1, 0.15) is 12.1 Å². The third kappa shape index (κ3) is 7.17. The van der Waals surface area contributed by atoms with Gasteiger partial charge in [0.25, 0.3) is 0 Å². The Bertz CT molecular complexity index is 579. The van der Waals surface area contributed by atoms with Gasteiger partial charge in [-0.2, -0.15) is 0 Å². The van der Waals surface area contributed by atoms with Gasteiger partial charge in [0.05, 0.1) is 19.0 Å². The van der Waals surface area contributed by atoms with Crippen LogP contribution in [0.1, 0.15) is 25.0 Å². The molecule has 9 N–H and O–H groups in total. The number of amides is 2. The Hall–Kier alpha value is -2.50. The number of aliphatic hydroxyl groups is 1. The number of imidazole rings is 1. The van der Waals surface area contributed by atoms with Crippen LogP contribution in [0.4, 0.5) is 0 Å². The van der Waals surface area contributed by atoms with Crippen molar-refractivity contribution >= 4 is 17.8 Å². The minimum Gasteiger partial charge on any atom is -0.480 e. The molecule has 0 aliphatic rings. The summed E-state index contributed by atoms with van der Waals surface area (Å²) in [4.78, 5) is 42.2. The molecule has 2 amide bonds. The van der Waals surface area contributed by atoms with Crippen LogP contribution in [0.5, 0.6) is 0 Å². The maximum atomic E-state index is 12.3. The van der Waals surface area contributed by atoms with Crippen molar-refractivity contribution in [1.29, 1.82) is 0 Å². The third-order valence-corrected chi connectivity index (χ3v) is 3.71. The van der Waals surface area contributed by atoms with E-state index < -0.39 is 42.5 Å². The van der Waals surface area contributed by atoms with E-state index in [9.17, 15) is 14.4 Å². The highest BCUT2D eigenvalue weighted by atomic mass is 16.4. The van der Waals surface area contributed by atoms with Crippen molar-refractivity contribution in [3.05, 3.63) is 18.2 Å². The van der Waals surface area contributed by atoms with E-state index in [1.165, 1.54) is 12.5 Å². The topological polar surface area (TPSA) is 196 Å². The molecule has 0 aliphatic heterocycles. The van der Waals surface area contributed by atoms with Crippen LogP contribution >= 0.6 is 0 Å². The molecule has 11 heteroatoms. The van der Waals surface area contributed by atoms with Gasteiger partial charge in [-0.25, -0.2) is 9.78 Å². The monoisotopic (exact) mass is 370 g/mol. The molecule has 3 atom stereocenters. The lowest BCUT2D eigenvalue weighted by Gasteiger charge is -2.22. The number of carbonyl (C=O) groups is 3. The molecule has 0 fully saturated rings. The summed E-state index contributed by atoms with van der Waals surface area (Å²) in [6.45, 7) is -0.333. The van der Waals surface area contributed by atoms with E-state index in [1.54, 1.807) is 0 Å². The fourth-order valence-corrected chi connectivity index (χ4v) is 2.22. The molecular formula is C15H26N6O5. The predicted octanol–water partition coefficient (Wildman–Crippen LogP) is -2.54. The molecular weight excluding hydrogens is 344 g/mol. The Balaban J connectivity index is 2.69. The smallest absolute Gasteiger partial charge is 0.328 e. The number of H-pyrrole nitrogens is 1. The van der Waals surface area contributed by atoms with Crippen LogP contribution < -0.4 is 22.1 Å². The first-order chi connectivity index (χ1) is 12.4. The number of aromatic amines is 1. The Morgan fingerprint density at radius 2 is 1.88 bits per heavy atom. The minimum atomic E-state index is -1.45. The second kappa shape index (κ2) is 11.2. The van der Waals surface area contributed by atoms with E-state index in [0.29, 0.717) is 25.1 Å². The first kappa shape index (κ1) is 21.5. The van der Waals surface area contributed by atoms with Gasteiger partial charge in [0.2, 0.25) is 11.8 Å². The summed E-state index contributed by atoms with van der Waals surface area (Å²) in [5.41, 5.74) is 11.9. The number of unbranched alkanes of at least 4 members (excludes halogenated alkanes) is 1. The highest BCUT2D eigenvalue weighted by molar-refractivity contribution is 5.91. The zero-order chi connectivity index (χ0) is 19.5. The van der Waals surface area contributed by atoms with Crippen LogP contribution in [0.3, 0.4) is 0 Å². The molecule has 1 heterocycles. The molecule has 1 aromatic heterocycles. The molecule has 0 aliphatic carbocycles. The van der Waals surface area contributed by atoms with E-state index in [1.807, 2.05) is 0 Å². The van der Waals surface area contributed by atoms with Gasteiger partial charge in [0.15, 0.2) is 0 Å². The van der Waals surface area contributed by atoms with Crippen molar-refractivity contribution in [3.63, 3.8) is 0 Å². The fourth-order valence-electron chi connectivity index (χ4n) is 2.22. The van der Waals surface area contributed by atoms with Crippen molar-refractivity contribution in [3.8, 4) is 0 Å². The lowest BCUT2D eigenvalue weighted by molar-refractivity contribution is -0.143. The summed E-state index contributed by atoms with van der Waals surface area (Å²) in [5.74, 6) is -2.63. The van der Waals surface area contributed by atoms with Gasteiger partial charge in [-0.15, -0.1) is 0 Å². The normalized spacial score (nSPS) is 14.3. The lowest BCUT2D eigenvalue weighted by atomic mass is 10.1. The molecule has 1 rings (SSSR count). The van der Waals surface area contributed by atoms with Crippen LogP contribution in [0, 0.1) is 0 Å². The number of hydrogen-bond donors (Lipinski definition) is 7. The number of carboxylic acids is 1. The summed E-state index contributed by atoms with van der Waals surface area (Å²) < 4.78 is 0. The van der Waals surface area contributed by atoms with Gasteiger partial charge in [-0.3, -0.25) is 9.59 Å². The predicted molar refractivity (Wildman–Crippen MR) is 91.8 cm³/mol. The van der Waals surface area contributed by atoms with Gasteiger partial charge in [0, 0.05) is 18.3 Å². The lowest BCUT2D eigenvalue weighted by Crippen LogP contribution is -2.55. The number of nitrogens with two attached hydrogens (primary N) is 2.